The number of carbonyl (C=O) groups excluding carboxylic acids is 1. The van der Waals surface area contributed by atoms with Crippen LogP contribution in [0.3, 0.4) is 0 Å². The van der Waals surface area contributed by atoms with Gasteiger partial charge in [0.15, 0.2) is 5.78 Å². The molecule has 0 saturated heterocycles. The second-order valence-corrected chi connectivity index (χ2v) is 9.03. The largest absolute Gasteiger partial charge is 0.497 e. The van der Waals surface area contributed by atoms with Gasteiger partial charge in [-0.15, -0.1) is 5.10 Å². The minimum Gasteiger partial charge on any atom is -0.497 e. The molecule has 8 heteroatoms. The Bertz CT molecular complexity index is 1350. The van der Waals surface area contributed by atoms with E-state index in [9.17, 15) is 4.79 Å². The topological polar surface area (TPSA) is 78.6 Å². The highest BCUT2D eigenvalue weighted by atomic mass is 32.2. The van der Waals surface area contributed by atoms with Crippen LogP contribution < -0.4 is 9.47 Å². The summed E-state index contributed by atoms with van der Waals surface area (Å²) in [5, 5.41) is 5.19. The number of benzene rings is 2. The summed E-state index contributed by atoms with van der Waals surface area (Å²) in [7, 11) is 3.25. The molecule has 5 rings (SSSR count). The predicted molar refractivity (Wildman–Crippen MR) is 126 cm³/mol. The SMILES string of the molecule is COc1ccc([C@@H]2CC(=O)c3cn4nc(SCc5ccccc5C)nc4nc3C2)c(OC)c1. The second-order valence-electron chi connectivity index (χ2n) is 8.09. The first kappa shape index (κ1) is 21.5. The normalized spacial score (nSPS) is 15.5. The van der Waals surface area contributed by atoms with Crippen molar-refractivity contribution in [2.45, 2.75) is 36.6 Å². The average molecular weight is 461 g/mol. The van der Waals surface area contributed by atoms with Gasteiger partial charge in [0.2, 0.25) is 5.16 Å². The summed E-state index contributed by atoms with van der Waals surface area (Å²) in [5.74, 6) is 2.76. The highest BCUT2D eigenvalue weighted by Crippen LogP contribution is 2.38. The summed E-state index contributed by atoms with van der Waals surface area (Å²) in [5.41, 5.74) is 4.85. The Kier molecular flexibility index (Phi) is 5.76. The summed E-state index contributed by atoms with van der Waals surface area (Å²) >= 11 is 1.57. The van der Waals surface area contributed by atoms with E-state index in [1.54, 1.807) is 36.7 Å². The van der Waals surface area contributed by atoms with Gasteiger partial charge in [-0.05, 0) is 36.1 Å². The summed E-state index contributed by atoms with van der Waals surface area (Å²) in [6, 6.07) is 14.0. The maximum Gasteiger partial charge on any atom is 0.253 e. The molecular formula is C25H24N4O3S. The van der Waals surface area contributed by atoms with E-state index in [2.05, 4.69) is 29.1 Å². The number of hydrogen-bond acceptors (Lipinski definition) is 7. The highest BCUT2D eigenvalue weighted by molar-refractivity contribution is 7.98. The van der Waals surface area contributed by atoms with Gasteiger partial charge < -0.3 is 9.47 Å². The maximum atomic E-state index is 13.0. The van der Waals surface area contributed by atoms with E-state index in [0.29, 0.717) is 35.1 Å². The molecule has 0 fully saturated rings. The number of ether oxygens (including phenoxy) is 2. The van der Waals surface area contributed by atoms with Crippen LogP contribution in [0.25, 0.3) is 5.78 Å². The van der Waals surface area contributed by atoms with Gasteiger partial charge in [0.1, 0.15) is 11.5 Å². The van der Waals surface area contributed by atoms with Crippen LogP contribution in [0.5, 0.6) is 11.5 Å². The van der Waals surface area contributed by atoms with Gasteiger partial charge in [-0.1, -0.05) is 42.1 Å². The molecule has 0 aliphatic heterocycles. The number of Topliss-reactive ketones (excluding diaryl/α,β-unsaturated/α-hetero) is 1. The number of hydrogen-bond donors (Lipinski definition) is 0. The molecule has 168 valence electrons. The summed E-state index contributed by atoms with van der Waals surface area (Å²) in [4.78, 5) is 22.3. The van der Waals surface area contributed by atoms with Crippen molar-refractivity contribution in [3.8, 4) is 11.5 Å². The molecule has 2 aromatic carbocycles. The third-order valence-electron chi connectivity index (χ3n) is 6.06. The van der Waals surface area contributed by atoms with Gasteiger partial charge in [0, 0.05) is 30.4 Å². The van der Waals surface area contributed by atoms with Crippen molar-refractivity contribution in [2.24, 2.45) is 0 Å². The zero-order valence-corrected chi connectivity index (χ0v) is 19.6. The molecule has 0 bridgehead atoms. The molecule has 1 aliphatic carbocycles. The lowest BCUT2D eigenvalue weighted by Crippen LogP contribution is -2.21. The number of carbonyl (C=O) groups is 1. The molecule has 0 N–H and O–H groups in total. The van der Waals surface area contributed by atoms with Gasteiger partial charge in [-0.25, -0.2) is 9.50 Å². The minimum atomic E-state index is -0.0152. The van der Waals surface area contributed by atoms with Crippen LogP contribution in [0, 0.1) is 6.92 Å². The molecule has 0 radical (unpaired) electrons. The molecular weight excluding hydrogens is 436 g/mol. The fourth-order valence-corrected chi connectivity index (χ4v) is 5.12. The molecule has 0 spiro atoms. The fourth-order valence-electron chi connectivity index (χ4n) is 4.22. The number of aromatic nitrogens is 4. The third kappa shape index (κ3) is 4.18. The van der Waals surface area contributed by atoms with Crippen LogP contribution in [0.2, 0.25) is 0 Å². The Morgan fingerprint density at radius 1 is 1.09 bits per heavy atom. The molecule has 1 atom stereocenters. The first-order valence-electron chi connectivity index (χ1n) is 10.7. The van der Waals surface area contributed by atoms with E-state index in [0.717, 1.165) is 22.8 Å². The van der Waals surface area contributed by atoms with E-state index < -0.39 is 0 Å². The van der Waals surface area contributed by atoms with Crippen molar-refractivity contribution < 1.29 is 14.3 Å². The number of thioether (sulfide) groups is 1. The molecule has 7 nitrogen and oxygen atoms in total. The van der Waals surface area contributed by atoms with Crippen molar-refractivity contribution in [1.82, 2.24) is 19.6 Å². The Labute approximate surface area is 196 Å². The lowest BCUT2D eigenvalue weighted by Gasteiger charge is -2.24. The maximum absolute atomic E-state index is 13.0. The molecule has 0 unspecified atom stereocenters. The summed E-state index contributed by atoms with van der Waals surface area (Å²) < 4.78 is 12.5. The van der Waals surface area contributed by atoms with Crippen molar-refractivity contribution in [3.05, 3.63) is 76.6 Å². The second kappa shape index (κ2) is 8.86. The molecule has 2 aromatic heterocycles. The molecule has 1 aliphatic rings. The van der Waals surface area contributed by atoms with E-state index in [-0.39, 0.29) is 11.7 Å². The van der Waals surface area contributed by atoms with Gasteiger partial charge >= 0.3 is 0 Å². The number of fused-ring (bicyclic) bond motifs is 2. The monoisotopic (exact) mass is 460 g/mol. The smallest absolute Gasteiger partial charge is 0.253 e. The van der Waals surface area contributed by atoms with Crippen LogP contribution in [0.15, 0.2) is 53.8 Å². The van der Waals surface area contributed by atoms with Crippen molar-refractivity contribution >= 4 is 23.3 Å². The van der Waals surface area contributed by atoms with E-state index in [1.807, 2.05) is 30.3 Å². The molecule has 0 amide bonds. The minimum absolute atomic E-state index is 0.0152. The van der Waals surface area contributed by atoms with Crippen molar-refractivity contribution in [1.29, 1.82) is 0 Å². The average Bonchev–Trinajstić information content (AvgIpc) is 3.23. The van der Waals surface area contributed by atoms with Crippen LogP contribution in [0.1, 0.15) is 45.1 Å². The number of nitrogens with zero attached hydrogens (tertiary/aromatic N) is 4. The van der Waals surface area contributed by atoms with Gasteiger partial charge in [-0.3, -0.25) is 4.79 Å². The zero-order chi connectivity index (χ0) is 22.9. The van der Waals surface area contributed by atoms with Crippen LogP contribution in [-0.2, 0) is 12.2 Å². The Hall–Kier alpha value is -3.39. The Balaban J connectivity index is 1.42. The Morgan fingerprint density at radius 2 is 1.94 bits per heavy atom. The molecule has 2 heterocycles. The van der Waals surface area contributed by atoms with E-state index >= 15 is 0 Å². The third-order valence-corrected chi connectivity index (χ3v) is 6.95. The first-order chi connectivity index (χ1) is 16.1. The van der Waals surface area contributed by atoms with Crippen LogP contribution in [-0.4, -0.2) is 39.6 Å². The van der Waals surface area contributed by atoms with Crippen LogP contribution >= 0.6 is 11.8 Å². The standard InChI is InChI=1S/C25H24N4O3S/c1-15-6-4-5-7-16(15)14-33-25-27-24-26-21-10-17(11-22(30)20(21)13-29(24)28-25)19-9-8-18(31-2)12-23(19)32-3/h4-9,12-13,17H,10-11,14H2,1-3H3/t17-/m0/s1. The zero-order valence-electron chi connectivity index (χ0n) is 18.7. The molecule has 0 saturated carbocycles. The van der Waals surface area contributed by atoms with Gasteiger partial charge in [0.25, 0.3) is 5.78 Å². The summed E-state index contributed by atoms with van der Waals surface area (Å²) in [6.07, 6.45) is 2.80. The quantitative estimate of drug-likeness (QED) is 0.387. The lowest BCUT2D eigenvalue weighted by molar-refractivity contribution is 0.0962. The van der Waals surface area contributed by atoms with Crippen LogP contribution in [0.4, 0.5) is 0 Å². The number of aryl methyl sites for hydroxylation is 1. The number of rotatable bonds is 6. The molecule has 33 heavy (non-hydrogen) atoms. The Morgan fingerprint density at radius 3 is 2.73 bits per heavy atom. The highest BCUT2D eigenvalue weighted by Gasteiger charge is 2.30. The number of methoxy groups -OCH3 is 2. The fraction of sp³-hybridized carbons (Fsp3) is 0.280. The van der Waals surface area contributed by atoms with E-state index in [1.165, 1.54) is 11.1 Å². The lowest BCUT2D eigenvalue weighted by atomic mass is 9.82. The van der Waals surface area contributed by atoms with Crippen molar-refractivity contribution in [3.63, 3.8) is 0 Å². The van der Waals surface area contributed by atoms with Gasteiger partial charge in [0.05, 0.1) is 25.5 Å². The first-order valence-corrected chi connectivity index (χ1v) is 11.7. The number of ketones is 1. The molecule has 4 aromatic rings. The van der Waals surface area contributed by atoms with Gasteiger partial charge in [-0.2, -0.15) is 4.98 Å². The van der Waals surface area contributed by atoms with Crippen molar-refractivity contribution in [2.75, 3.05) is 14.2 Å². The summed E-state index contributed by atoms with van der Waals surface area (Å²) in [6.45, 7) is 2.10. The predicted octanol–water partition coefficient (Wildman–Crippen LogP) is 4.65. The van der Waals surface area contributed by atoms with E-state index in [4.69, 9.17) is 14.5 Å².